The van der Waals surface area contributed by atoms with Gasteiger partial charge in [0, 0.05) is 10.8 Å². The van der Waals surface area contributed by atoms with Gasteiger partial charge in [0.25, 0.3) is 0 Å². The molecule has 1 nitrogen and oxygen atoms in total. The van der Waals surface area contributed by atoms with Gasteiger partial charge in [-0.25, -0.2) is 0 Å². The van der Waals surface area contributed by atoms with Gasteiger partial charge in [-0.05, 0) is 101 Å². The van der Waals surface area contributed by atoms with E-state index in [1.54, 1.807) is 0 Å². The topological polar surface area (TPSA) is 13.1 Å². The van der Waals surface area contributed by atoms with Crippen molar-refractivity contribution in [3.63, 3.8) is 0 Å². The summed E-state index contributed by atoms with van der Waals surface area (Å²) >= 11 is 0. The third kappa shape index (κ3) is 4.47. The number of rotatable bonds is 4. The Hall–Kier alpha value is -6.44. The first-order chi connectivity index (χ1) is 24.3. The Morgan fingerprint density at radius 2 is 0.755 bits per heavy atom. The van der Waals surface area contributed by atoms with Crippen molar-refractivity contribution in [2.45, 2.75) is 0 Å². The van der Waals surface area contributed by atoms with Crippen molar-refractivity contribution >= 4 is 54.3 Å². The highest BCUT2D eigenvalue weighted by atomic mass is 16.3. The van der Waals surface area contributed by atoms with Crippen molar-refractivity contribution in [2.24, 2.45) is 0 Å². The third-order valence-corrected chi connectivity index (χ3v) is 10.1. The molecule has 0 aliphatic heterocycles. The van der Waals surface area contributed by atoms with E-state index in [2.05, 4.69) is 170 Å². The van der Waals surface area contributed by atoms with E-state index in [-0.39, 0.29) is 0 Å². The standard InChI is InChI=1S/C48H30O/c1-2-11-31(12-3-1)32-21-23-33(24-22-32)37-19-10-13-34-29-35(25-27-38(34)37)47-41-15-4-6-17-43(41)48(44-18-7-5-16-42(44)47)36-26-28-40-39-14-8-9-20-45(39)49-46(40)30-36/h1-30H. The maximum atomic E-state index is 6.34. The van der Waals surface area contributed by atoms with Gasteiger partial charge in [-0.1, -0.05) is 158 Å². The van der Waals surface area contributed by atoms with E-state index in [1.807, 2.05) is 12.1 Å². The summed E-state index contributed by atoms with van der Waals surface area (Å²) in [7, 11) is 0. The zero-order valence-electron chi connectivity index (χ0n) is 26.7. The molecule has 0 fully saturated rings. The Morgan fingerprint density at radius 3 is 1.43 bits per heavy atom. The third-order valence-electron chi connectivity index (χ3n) is 10.1. The van der Waals surface area contributed by atoms with Gasteiger partial charge >= 0.3 is 0 Å². The first kappa shape index (κ1) is 27.7. The average Bonchev–Trinajstić information content (AvgIpc) is 3.55. The summed E-state index contributed by atoms with van der Waals surface area (Å²) < 4.78 is 6.34. The van der Waals surface area contributed by atoms with Crippen molar-refractivity contribution in [1.29, 1.82) is 0 Å². The fourth-order valence-corrected chi connectivity index (χ4v) is 7.80. The van der Waals surface area contributed by atoms with Crippen molar-refractivity contribution in [1.82, 2.24) is 0 Å². The molecule has 0 saturated carbocycles. The van der Waals surface area contributed by atoms with Crippen LogP contribution in [0.15, 0.2) is 186 Å². The quantitative estimate of drug-likeness (QED) is 0.178. The van der Waals surface area contributed by atoms with Gasteiger partial charge in [-0.2, -0.15) is 0 Å². The van der Waals surface area contributed by atoms with Crippen molar-refractivity contribution in [3.8, 4) is 44.5 Å². The Balaban J connectivity index is 1.14. The highest BCUT2D eigenvalue weighted by Gasteiger charge is 2.18. The molecule has 1 heterocycles. The number of hydrogen-bond donors (Lipinski definition) is 0. The molecule has 49 heavy (non-hydrogen) atoms. The molecular formula is C48H30O. The van der Waals surface area contributed by atoms with Gasteiger partial charge in [0.05, 0.1) is 0 Å². The van der Waals surface area contributed by atoms with E-state index in [4.69, 9.17) is 4.42 Å². The van der Waals surface area contributed by atoms with Crippen LogP contribution in [0.1, 0.15) is 0 Å². The molecule has 10 rings (SSSR count). The number of furan rings is 1. The minimum atomic E-state index is 0.913. The predicted molar refractivity (Wildman–Crippen MR) is 208 cm³/mol. The fourth-order valence-electron chi connectivity index (χ4n) is 7.80. The number of hydrogen-bond acceptors (Lipinski definition) is 1. The average molecular weight is 623 g/mol. The van der Waals surface area contributed by atoms with Gasteiger partial charge in [-0.3, -0.25) is 0 Å². The highest BCUT2D eigenvalue weighted by Crippen LogP contribution is 2.45. The highest BCUT2D eigenvalue weighted by molar-refractivity contribution is 6.22. The molecule has 0 atom stereocenters. The van der Waals surface area contributed by atoms with Gasteiger partial charge < -0.3 is 4.42 Å². The van der Waals surface area contributed by atoms with E-state index in [0.29, 0.717) is 0 Å². The van der Waals surface area contributed by atoms with Crippen LogP contribution in [0.25, 0.3) is 98.8 Å². The van der Waals surface area contributed by atoms with Crippen LogP contribution in [0.4, 0.5) is 0 Å². The summed E-state index contributed by atoms with van der Waals surface area (Å²) in [6.45, 7) is 0. The zero-order chi connectivity index (χ0) is 32.3. The minimum Gasteiger partial charge on any atom is -0.456 e. The molecule has 228 valence electrons. The smallest absolute Gasteiger partial charge is 0.136 e. The predicted octanol–water partition coefficient (Wildman–Crippen LogP) is 13.7. The Morgan fingerprint density at radius 1 is 0.265 bits per heavy atom. The van der Waals surface area contributed by atoms with Crippen LogP contribution < -0.4 is 0 Å². The molecule has 0 unspecified atom stereocenters. The molecule has 0 N–H and O–H groups in total. The van der Waals surface area contributed by atoms with Gasteiger partial charge in [-0.15, -0.1) is 0 Å². The maximum Gasteiger partial charge on any atom is 0.136 e. The summed E-state index contributed by atoms with van der Waals surface area (Å²) in [5.74, 6) is 0. The van der Waals surface area contributed by atoms with Crippen LogP contribution in [-0.4, -0.2) is 0 Å². The second-order valence-electron chi connectivity index (χ2n) is 12.8. The minimum absolute atomic E-state index is 0.913. The maximum absolute atomic E-state index is 6.34. The number of fused-ring (bicyclic) bond motifs is 6. The summed E-state index contributed by atoms with van der Waals surface area (Å²) in [5, 5.41) is 9.74. The molecule has 9 aromatic carbocycles. The lowest BCUT2D eigenvalue weighted by Gasteiger charge is -2.18. The first-order valence-corrected chi connectivity index (χ1v) is 16.8. The molecule has 0 radical (unpaired) electrons. The summed E-state index contributed by atoms with van der Waals surface area (Å²) in [6, 6.07) is 65.8. The Kier molecular flexibility index (Phi) is 6.25. The van der Waals surface area contributed by atoms with Crippen LogP contribution in [0.2, 0.25) is 0 Å². The molecule has 0 aliphatic carbocycles. The van der Waals surface area contributed by atoms with Gasteiger partial charge in [0.1, 0.15) is 11.2 Å². The normalized spacial score (nSPS) is 11.7. The molecule has 0 amide bonds. The van der Waals surface area contributed by atoms with Crippen molar-refractivity contribution in [2.75, 3.05) is 0 Å². The van der Waals surface area contributed by atoms with E-state index >= 15 is 0 Å². The van der Waals surface area contributed by atoms with E-state index < -0.39 is 0 Å². The molecule has 0 aliphatic rings. The molecule has 1 aromatic heterocycles. The molecule has 1 heteroatoms. The van der Waals surface area contributed by atoms with Crippen LogP contribution in [-0.2, 0) is 0 Å². The molecule has 0 spiro atoms. The number of para-hydroxylation sites is 1. The fraction of sp³-hybridized carbons (Fsp3) is 0. The lowest BCUT2D eigenvalue weighted by Crippen LogP contribution is -1.91. The lowest BCUT2D eigenvalue weighted by molar-refractivity contribution is 0.669. The van der Waals surface area contributed by atoms with Crippen LogP contribution in [0.5, 0.6) is 0 Å². The van der Waals surface area contributed by atoms with E-state index in [9.17, 15) is 0 Å². The second kappa shape index (κ2) is 11.1. The van der Waals surface area contributed by atoms with Gasteiger partial charge in [0.2, 0.25) is 0 Å². The van der Waals surface area contributed by atoms with E-state index in [1.165, 1.54) is 71.3 Å². The summed E-state index contributed by atoms with van der Waals surface area (Å²) in [4.78, 5) is 0. The largest absolute Gasteiger partial charge is 0.456 e. The SMILES string of the molecule is c1ccc(-c2ccc(-c3cccc4cc(-c5c6ccccc6c(-c6ccc7c(c6)oc6ccccc67)c6ccccc56)ccc34)cc2)cc1. The molecular weight excluding hydrogens is 593 g/mol. The van der Waals surface area contributed by atoms with E-state index in [0.717, 1.165) is 27.5 Å². The van der Waals surface area contributed by atoms with Crippen LogP contribution >= 0.6 is 0 Å². The Bertz CT molecular complexity index is 2800. The van der Waals surface area contributed by atoms with Crippen molar-refractivity contribution in [3.05, 3.63) is 182 Å². The number of benzene rings is 9. The molecule has 10 aromatic rings. The van der Waals surface area contributed by atoms with Crippen LogP contribution in [0, 0.1) is 0 Å². The first-order valence-electron chi connectivity index (χ1n) is 16.8. The zero-order valence-corrected chi connectivity index (χ0v) is 26.7. The van der Waals surface area contributed by atoms with Crippen LogP contribution in [0.3, 0.4) is 0 Å². The van der Waals surface area contributed by atoms with Gasteiger partial charge in [0.15, 0.2) is 0 Å². The van der Waals surface area contributed by atoms with Crippen molar-refractivity contribution < 1.29 is 4.42 Å². The lowest BCUT2D eigenvalue weighted by atomic mass is 9.85. The monoisotopic (exact) mass is 622 g/mol. The molecule has 0 saturated heterocycles. The Labute approximate surface area is 284 Å². The summed E-state index contributed by atoms with van der Waals surface area (Å²) in [5.41, 5.74) is 11.6. The second-order valence-corrected chi connectivity index (χ2v) is 12.8. The molecule has 0 bridgehead atoms. The summed E-state index contributed by atoms with van der Waals surface area (Å²) in [6.07, 6.45) is 0.